The van der Waals surface area contributed by atoms with Crippen LogP contribution in [-0.4, -0.2) is 77.1 Å². The predicted molar refractivity (Wildman–Crippen MR) is 150 cm³/mol. The number of fused-ring (bicyclic) bond motifs is 1. The van der Waals surface area contributed by atoms with Gasteiger partial charge < -0.3 is 19.9 Å². The van der Waals surface area contributed by atoms with Gasteiger partial charge >= 0.3 is 5.97 Å². The van der Waals surface area contributed by atoms with Crippen molar-refractivity contribution in [1.82, 2.24) is 24.4 Å². The molecule has 2 N–H and O–H groups in total. The molecule has 3 heterocycles. The molecule has 0 bridgehead atoms. The van der Waals surface area contributed by atoms with E-state index in [1.807, 2.05) is 4.57 Å². The summed E-state index contributed by atoms with van der Waals surface area (Å²) >= 11 is 5.03. The smallest absolute Gasteiger partial charge is 0.311 e. The number of aryl methyl sites for hydroxylation is 1. The summed E-state index contributed by atoms with van der Waals surface area (Å²) in [5.74, 6) is -0.577. The highest BCUT2D eigenvalue weighted by molar-refractivity contribution is 9.09. The maximum absolute atomic E-state index is 12.9. The van der Waals surface area contributed by atoms with Crippen molar-refractivity contribution in [2.75, 3.05) is 18.8 Å². The Kier molecular flexibility index (Phi) is 8.99. The number of anilines is 1. The third-order valence-corrected chi connectivity index (χ3v) is 9.83. The van der Waals surface area contributed by atoms with Gasteiger partial charge in [0, 0.05) is 42.6 Å². The summed E-state index contributed by atoms with van der Waals surface area (Å²) in [6.45, 7) is 8.76. The van der Waals surface area contributed by atoms with E-state index in [0.29, 0.717) is 47.7 Å². The number of ether oxygens (including phenoxy) is 1. The lowest BCUT2D eigenvalue weighted by molar-refractivity contribution is -0.166. The van der Waals surface area contributed by atoms with Gasteiger partial charge in [-0.2, -0.15) is 0 Å². The fourth-order valence-corrected chi connectivity index (χ4v) is 6.72. The van der Waals surface area contributed by atoms with Crippen LogP contribution in [0.1, 0.15) is 59.8 Å². The van der Waals surface area contributed by atoms with Crippen LogP contribution in [0.5, 0.6) is 0 Å². The number of thioether (sulfide) groups is 1. The van der Waals surface area contributed by atoms with Crippen LogP contribution in [0.3, 0.4) is 0 Å². The van der Waals surface area contributed by atoms with Gasteiger partial charge in [0.05, 0.1) is 5.41 Å². The number of alkyl halides is 1. The molecule has 1 aliphatic heterocycles. The third-order valence-electron chi connectivity index (χ3n) is 7.19. The number of halogens is 1. The van der Waals surface area contributed by atoms with E-state index in [0.717, 1.165) is 19.3 Å². The predicted octanol–water partition coefficient (Wildman–Crippen LogP) is 3.17. The maximum Gasteiger partial charge on any atom is 0.311 e. The number of nitrogens with zero attached hydrogens (tertiary/aromatic N) is 5. The van der Waals surface area contributed by atoms with Gasteiger partial charge in [0.15, 0.2) is 39.8 Å². The molecule has 1 saturated carbocycles. The highest BCUT2D eigenvalue weighted by Crippen LogP contribution is 2.37. The number of carbonyl (C=O) groups excluding carboxylic acids is 4. The van der Waals surface area contributed by atoms with Crippen LogP contribution >= 0.6 is 27.7 Å². The fourth-order valence-electron chi connectivity index (χ4n) is 4.72. The summed E-state index contributed by atoms with van der Waals surface area (Å²) < 4.78 is 7.41. The van der Waals surface area contributed by atoms with Gasteiger partial charge in [0.1, 0.15) is 6.33 Å². The molecule has 0 radical (unpaired) electrons. The van der Waals surface area contributed by atoms with E-state index in [4.69, 9.17) is 15.5 Å². The third kappa shape index (κ3) is 6.79. The Balaban J connectivity index is 1.39. The molecule has 1 aliphatic carbocycles. The minimum atomic E-state index is -0.810. The van der Waals surface area contributed by atoms with Crippen LogP contribution in [0.2, 0.25) is 0 Å². The number of imidazole rings is 1. The number of nitrogens with two attached hydrogens (primary N) is 1. The van der Waals surface area contributed by atoms with Crippen molar-refractivity contribution in [2.45, 2.75) is 87.7 Å². The lowest BCUT2D eigenvalue weighted by Gasteiger charge is -2.34. The molecular formula is C26H35BrN6O5S. The second-order valence-electron chi connectivity index (χ2n) is 11.3. The number of ketones is 2. The zero-order valence-electron chi connectivity index (χ0n) is 22.7. The number of rotatable bonds is 7. The molecule has 0 spiro atoms. The summed E-state index contributed by atoms with van der Waals surface area (Å²) in [5.41, 5.74) is 6.58. The zero-order chi connectivity index (χ0) is 28.5. The van der Waals surface area contributed by atoms with E-state index < -0.39 is 11.5 Å². The van der Waals surface area contributed by atoms with E-state index >= 15 is 0 Å². The van der Waals surface area contributed by atoms with E-state index in [-0.39, 0.29) is 46.4 Å². The Morgan fingerprint density at radius 1 is 1.18 bits per heavy atom. The van der Waals surface area contributed by atoms with Gasteiger partial charge in [-0.1, -0.05) is 27.7 Å². The summed E-state index contributed by atoms with van der Waals surface area (Å²) in [4.78, 5) is 63.8. The first-order valence-electron chi connectivity index (χ1n) is 13.2. The van der Waals surface area contributed by atoms with E-state index in [1.54, 1.807) is 32.6 Å². The molecule has 1 saturated heterocycles. The van der Waals surface area contributed by atoms with E-state index in [9.17, 15) is 19.2 Å². The quantitative estimate of drug-likeness (QED) is 0.277. The second-order valence-corrected chi connectivity index (χ2v) is 13.6. The van der Waals surface area contributed by atoms with E-state index in [1.165, 1.54) is 18.1 Å². The SMILES string of the molecule is CC(OC(=O)C(C)(C)C)C(=O)N1CCC(CCn2c(SC3CC(=O)C(=O)CC3Br)nc3c(N)ncnc32)CC1. The Morgan fingerprint density at radius 3 is 2.51 bits per heavy atom. The Hall–Kier alpha value is -2.54. The zero-order valence-corrected chi connectivity index (χ0v) is 25.1. The first-order chi connectivity index (χ1) is 18.3. The average molecular weight is 624 g/mol. The summed E-state index contributed by atoms with van der Waals surface area (Å²) in [6.07, 6.45) is 3.44. The Labute approximate surface area is 240 Å². The molecule has 3 atom stereocenters. The van der Waals surface area contributed by atoms with Crippen molar-refractivity contribution >= 4 is 68.1 Å². The Morgan fingerprint density at radius 2 is 1.85 bits per heavy atom. The number of aromatic nitrogens is 4. The number of likely N-dealkylation sites (tertiary alicyclic amines) is 1. The Bertz CT molecular complexity index is 1270. The molecule has 3 unspecified atom stereocenters. The molecule has 1 amide bonds. The van der Waals surface area contributed by atoms with Crippen molar-refractivity contribution in [3.8, 4) is 0 Å². The largest absolute Gasteiger partial charge is 0.452 e. The summed E-state index contributed by atoms with van der Waals surface area (Å²) in [5, 5.41) is 0.555. The second kappa shape index (κ2) is 11.9. The van der Waals surface area contributed by atoms with Gasteiger partial charge in [-0.15, -0.1) is 0 Å². The lowest BCUT2D eigenvalue weighted by atomic mass is 9.93. The van der Waals surface area contributed by atoms with Crippen molar-refractivity contribution in [1.29, 1.82) is 0 Å². The maximum atomic E-state index is 12.9. The minimum Gasteiger partial charge on any atom is -0.452 e. The van der Waals surface area contributed by atoms with Crippen molar-refractivity contribution < 1.29 is 23.9 Å². The molecule has 2 fully saturated rings. The van der Waals surface area contributed by atoms with Crippen LogP contribution in [0, 0.1) is 11.3 Å². The molecule has 4 rings (SSSR count). The number of esters is 1. The normalized spacial score (nSPS) is 21.8. The number of hydrogen-bond donors (Lipinski definition) is 1. The molecule has 11 nitrogen and oxygen atoms in total. The van der Waals surface area contributed by atoms with Gasteiger partial charge in [0.25, 0.3) is 5.91 Å². The van der Waals surface area contributed by atoms with Gasteiger partial charge in [-0.25, -0.2) is 15.0 Å². The van der Waals surface area contributed by atoms with Gasteiger partial charge in [-0.05, 0) is 52.9 Å². The van der Waals surface area contributed by atoms with Crippen molar-refractivity contribution in [3.63, 3.8) is 0 Å². The molecule has 2 aromatic rings. The number of amides is 1. The van der Waals surface area contributed by atoms with Gasteiger partial charge in [-0.3, -0.25) is 19.2 Å². The molecule has 39 heavy (non-hydrogen) atoms. The lowest BCUT2D eigenvalue weighted by Crippen LogP contribution is -2.45. The van der Waals surface area contributed by atoms with Crippen LogP contribution in [0.15, 0.2) is 11.5 Å². The monoisotopic (exact) mass is 622 g/mol. The van der Waals surface area contributed by atoms with Crippen LogP contribution < -0.4 is 5.73 Å². The standard InChI is InChI=1S/C26H35BrN6O5S/c1-14(38-24(37)26(2,3)4)23(36)32-8-5-15(6-9-32)7-10-33-22-20(21(28)29-13-30-22)31-25(33)39-19-12-18(35)17(34)11-16(19)27/h13-16,19H,5-12H2,1-4H3,(H2,28,29,30). The molecule has 13 heteroatoms. The van der Waals surface area contributed by atoms with Crippen LogP contribution in [-0.2, 0) is 30.5 Å². The van der Waals surface area contributed by atoms with Crippen LogP contribution in [0.25, 0.3) is 11.2 Å². The average Bonchev–Trinajstić information content (AvgIpc) is 3.23. The van der Waals surface area contributed by atoms with Crippen molar-refractivity contribution in [2.24, 2.45) is 11.3 Å². The number of carbonyl (C=O) groups is 4. The molecule has 2 aromatic heterocycles. The number of Topliss-reactive ketones (excluding diaryl/α,β-unsaturated/α-hetero) is 2. The molecule has 2 aliphatic rings. The highest BCUT2D eigenvalue weighted by Gasteiger charge is 2.36. The van der Waals surface area contributed by atoms with Crippen LogP contribution in [0.4, 0.5) is 5.82 Å². The minimum absolute atomic E-state index is 0.128. The van der Waals surface area contributed by atoms with Gasteiger partial charge in [0.2, 0.25) is 0 Å². The number of nitrogen functional groups attached to an aromatic ring is 1. The molecular weight excluding hydrogens is 588 g/mol. The first-order valence-corrected chi connectivity index (χ1v) is 15.0. The van der Waals surface area contributed by atoms with E-state index in [2.05, 4.69) is 25.9 Å². The fraction of sp³-hybridized carbons (Fsp3) is 0.654. The highest BCUT2D eigenvalue weighted by atomic mass is 79.9. The summed E-state index contributed by atoms with van der Waals surface area (Å²) in [7, 11) is 0. The summed E-state index contributed by atoms with van der Waals surface area (Å²) in [6, 6.07) is 0. The molecule has 212 valence electrons. The number of piperidine rings is 1. The number of hydrogen-bond acceptors (Lipinski definition) is 10. The molecule has 0 aromatic carbocycles. The topological polar surface area (TPSA) is 150 Å². The first kappa shape index (κ1) is 29.4. The van der Waals surface area contributed by atoms with Crippen molar-refractivity contribution in [3.05, 3.63) is 6.33 Å².